The summed E-state index contributed by atoms with van der Waals surface area (Å²) in [5.74, 6) is -1.53. The van der Waals surface area contributed by atoms with Gasteiger partial charge in [-0.2, -0.15) is 0 Å². The number of rotatable bonds is 8. The number of carboxylic acids is 1. The van der Waals surface area contributed by atoms with E-state index in [9.17, 15) is 9.18 Å². The molecule has 0 radical (unpaired) electrons. The number of carbonyl (C=O) groups is 1. The first-order valence-electron chi connectivity index (χ1n) is 6.40. The van der Waals surface area contributed by atoms with Crippen molar-refractivity contribution in [3.05, 3.63) is 41.2 Å². The van der Waals surface area contributed by atoms with Crippen molar-refractivity contribution in [3.8, 4) is 0 Å². The van der Waals surface area contributed by atoms with Crippen LogP contribution in [0.25, 0.3) is 6.08 Å². The Kier molecular flexibility index (Phi) is 6.82. The summed E-state index contributed by atoms with van der Waals surface area (Å²) in [7, 11) is 0. The summed E-state index contributed by atoms with van der Waals surface area (Å²) in [6.07, 6.45) is 5.46. The number of unbranched alkanes of at least 4 members (excludes halogenated alkanes) is 2. The van der Waals surface area contributed by atoms with E-state index in [1.165, 1.54) is 12.1 Å². The van der Waals surface area contributed by atoms with E-state index in [0.717, 1.165) is 30.9 Å². The number of halogens is 1. The Labute approximate surface area is 112 Å². The van der Waals surface area contributed by atoms with E-state index >= 15 is 0 Å². The summed E-state index contributed by atoms with van der Waals surface area (Å²) in [4.78, 5) is 10.4. The molecule has 0 aromatic heterocycles. The van der Waals surface area contributed by atoms with Crippen molar-refractivity contribution in [1.29, 1.82) is 0 Å². The van der Waals surface area contributed by atoms with E-state index in [-0.39, 0.29) is 5.56 Å². The summed E-state index contributed by atoms with van der Waals surface area (Å²) >= 11 is 0. The number of ether oxygens (including phenoxy) is 1. The number of benzene rings is 1. The molecule has 1 N–H and O–H groups in total. The molecule has 0 aliphatic rings. The lowest BCUT2D eigenvalue weighted by molar-refractivity contribution is -0.131. The fourth-order valence-electron chi connectivity index (χ4n) is 1.62. The first kappa shape index (κ1) is 15.4. The van der Waals surface area contributed by atoms with E-state index in [2.05, 4.69) is 6.92 Å². The van der Waals surface area contributed by atoms with Crippen molar-refractivity contribution >= 4 is 12.0 Å². The van der Waals surface area contributed by atoms with Crippen LogP contribution in [0.2, 0.25) is 0 Å². The second kappa shape index (κ2) is 8.43. The standard InChI is InChI=1S/C15H19FO3/c1-2-3-4-9-19-11-12-5-7-14(16)13(10-12)6-8-15(17)18/h5-8,10H,2-4,9,11H2,1H3,(H,17,18). The zero-order chi connectivity index (χ0) is 14.1. The van der Waals surface area contributed by atoms with E-state index < -0.39 is 11.8 Å². The average Bonchev–Trinajstić information content (AvgIpc) is 2.38. The predicted octanol–water partition coefficient (Wildman–Crippen LogP) is 3.63. The third-order valence-corrected chi connectivity index (χ3v) is 2.63. The first-order valence-corrected chi connectivity index (χ1v) is 6.40. The average molecular weight is 266 g/mol. The van der Waals surface area contributed by atoms with Gasteiger partial charge in [-0.05, 0) is 30.2 Å². The minimum Gasteiger partial charge on any atom is -0.478 e. The van der Waals surface area contributed by atoms with Gasteiger partial charge in [-0.25, -0.2) is 9.18 Å². The molecule has 3 nitrogen and oxygen atoms in total. The highest BCUT2D eigenvalue weighted by Gasteiger charge is 2.02. The highest BCUT2D eigenvalue weighted by Crippen LogP contribution is 2.13. The maximum absolute atomic E-state index is 13.4. The lowest BCUT2D eigenvalue weighted by atomic mass is 10.1. The molecule has 0 bridgehead atoms. The Hall–Kier alpha value is -1.68. The van der Waals surface area contributed by atoms with Crippen LogP contribution in [-0.2, 0) is 16.1 Å². The molecule has 19 heavy (non-hydrogen) atoms. The minimum atomic E-state index is -1.10. The second-order valence-electron chi connectivity index (χ2n) is 4.29. The van der Waals surface area contributed by atoms with E-state index in [0.29, 0.717) is 13.2 Å². The maximum atomic E-state index is 13.4. The number of carboxylic acid groups (broad SMARTS) is 1. The highest BCUT2D eigenvalue weighted by atomic mass is 19.1. The summed E-state index contributed by atoms with van der Waals surface area (Å²) in [5, 5.41) is 8.52. The largest absolute Gasteiger partial charge is 0.478 e. The summed E-state index contributed by atoms with van der Waals surface area (Å²) in [6.45, 7) is 3.23. The van der Waals surface area contributed by atoms with Crippen LogP contribution in [0, 0.1) is 5.82 Å². The van der Waals surface area contributed by atoms with Crippen LogP contribution in [0.5, 0.6) is 0 Å². The molecule has 0 heterocycles. The maximum Gasteiger partial charge on any atom is 0.328 e. The van der Waals surface area contributed by atoms with Gasteiger partial charge in [0.05, 0.1) is 6.61 Å². The van der Waals surface area contributed by atoms with Crippen molar-refractivity contribution in [2.45, 2.75) is 32.8 Å². The highest BCUT2D eigenvalue weighted by molar-refractivity contribution is 5.85. The monoisotopic (exact) mass is 266 g/mol. The van der Waals surface area contributed by atoms with Crippen LogP contribution >= 0.6 is 0 Å². The van der Waals surface area contributed by atoms with Crippen molar-refractivity contribution in [2.24, 2.45) is 0 Å². The Bertz CT molecular complexity index is 441. The summed E-state index contributed by atoms with van der Waals surface area (Å²) in [5.41, 5.74) is 1.10. The van der Waals surface area contributed by atoms with E-state index in [1.807, 2.05) is 0 Å². The van der Waals surface area contributed by atoms with Crippen LogP contribution < -0.4 is 0 Å². The molecule has 0 fully saturated rings. The van der Waals surface area contributed by atoms with Crippen LogP contribution in [0.15, 0.2) is 24.3 Å². The topological polar surface area (TPSA) is 46.5 Å². The first-order chi connectivity index (χ1) is 9.13. The van der Waals surface area contributed by atoms with Crippen molar-refractivity contribution in [2.75, 3.05) is 6.61 Å². The second-order valence-corrected chi connectivity index (χ2v) is 4.29. The Morgan fingerprint density at radius 2 is 2.21 bits per heavy atom. The number of hydrogen-bond acceptors (Lipinski definition) is 2. The third-order valence-electron chi connectivity index (χ3n) is 2.63. The molecular weight excluding hydrogens is 247 g/mol. The molecule has 1 aromatic carbocycles. The minimum absolute atomic E-state index is 0.261. The van der Waals surface area contributed by atoms with Gasteiger partial charge in [0.1, 0.15) is 5.82 Å². The molecule has 0 amide bonds. The molecule has 1 rings (SSSR count). The smallest absolute Gasteiger partial charge is 0.328 e. The molecule has 0 unspecified atom stereocenters. The van der Waals surface area contributed by atoms with Crippen LogP contribution in [0.1, 0.15) is 37.3 Å². The fraction of sp³-hybridized carbons (Fsp3) is 0.400. The zero-order valence-electron chi connectivity index (χ0n) is 11.1. The van der Waals surface area contributed by atoms with Crippen LogP contribution in [-0.4, -0.2) is 17.7 Å². The zero-order valence-corrected chi connectivity index (χ0v) is 11.1. The van der Waals surface area contributed by atoms with Crippen LogP contribution in [0.3, 0.4) is 0 Å². The quantitative estimate of drug-likeness (QED) is 0.577. The van der Waals surface area contributed by atoms with E-state index in [4.69, 9.17) is 9.84 Å². The summed E-state index contributed by atoms with van der Waals surface area (Å²) < 4.78 is 18.9. The van der Waals surface area contributed by atoms with Gasteiger partial charge < -0.3 is 9.84 Å². The number of aliphatic carboxylic acids is 1. The molecule has 0 spiro atoms. The third kappa shape index (κ3) is 6.15. The van der Waals surface area contributed by atoms with E-state index in [1.54, 1.807) is 12.1 Å². The molecule has 4 heteroatoms. The lowest BCUT2D eigenvalue weighted by Gasteiger charge is -2.05. The van der Waals surface area contributed by atoms with Gasteiger partial charge in [0.2, 0.25) is 0 Å². The van der Waals surface area contributed by atoms with Gasteiger partial charge in [-0.1, -0.05) is 25.8 Å². The fourth-order valence-corrected chi connectivity index (χ4v) is 1.62. The van der Waals surface area contributed by atoms with Gasteiger partial charge in [-0.3, -0.25) is 0 Å². The number of hydrogen-bond donors (Lipinski definition) is 1. The Balaban J connectivity index is 2.55. The van der Waals surface area contributed by atoms with Crippen LogP contribution in [0.4, 0.5) is 4.39 Å². The molecular formula is C15H19FO3. The molecule has 0 saturated heterocycles. The molecule has 104 valence electrons. The SMILES string of the molecule is CCCCCOCc1ccc(F)c(C=CC(=O)O)c1. The van der Waals surface area contributed by atoms with Gasteiger partial charge in [0.25, 0.3) is 0 Å². The van der Waals surface area contributed by atoms with Gasteiger partial charge >= 0.3 is 5.97 Å². The van der Waals surface area contributed by atoms with Crippen molar-refractivity contribution in [1.82, 2.24) is 0 Å². The molecule has 0 saturated carbocycles. The van der Waals surface area contributed by atoms with Crippen molar-refractivity contribution in [3.63, 3.8) is 0 Å². The van der Waals surface area contributed by atoms with Gasteiger partial charge in [-0.15, -0.1) is 0 Å². The predicted molar refractivity (Wildman–Crippen MR) is 72.3 cm³/mol. The molecule has 0 aliphatic heterocycles. The molecule has 0 aliphatic carbocycles. The Morgan fingerprint density at radius 1 is 1.42 bits per heavy atom. The molecule has 0 atom stereocenters. The Morgan fingerprint density at radius 3 is 2.89 bits per heavy atom. The summed E-state index contributed by atoms with van der Waals surface area (Å²) in [6, 6.07) is 4.58. The van der Waals surface area contributed by atoms with Gasteiger partial charge in [0, 0.05) is 18.2 Å². The lowest BCUT2D eigenvalue weighted by Crippen LogP contribution is -1.97. The van der Waals surface area contributed by atoms with Crippen molar-refractivity contribution < 1.29 is 19.0 Å². The molecule has 1 aromatic rings. The normalized spacial score (nSPS) is 11.1. The van der Waals surface area contributed by atoms with Gasteiger partial charge in [0.15, 0.2) is 0 Å².